The highest BCUT2D eigenvalue weighted by Gasteiger charge is 2.34. The summed E-state index contributed by atoms with van der Waals surface area (Å²) in [5.74, 6) is 0. The Morgan fingerprint density at radius 2 is 2.15 bits per heavy atom. The molecule has 1 heterocycles. The third-order valence-electron chi connectivity index (χ3n) is 3.05. The van der Waals surface area contributed by atoms with E-state index in [9.17, 15) is 13.5 Å². The van der Waals surface area contributed by atoms with Crippen LogP contribution in [0.1, 0.15) is 6.42 Å². The standard InChI is InChI=1S/C11H14Cl2N2O4S/c12-7-1-2-8(9(13)10(7)14)20(17,18)15-5-11(16)3-4-19-6-11/h1-2,15-16H,3-6,14H2. The Bertz CT molecular complexity index is 615. The Morgan fingerprint density at radius 1 is 1.45 bits per heavy atom. The Kier molecular flexibility index (Phi) is 4.48. The Morgan fingerprint density at radius 3 is 2.75 bits per heavy atom. The molecular weight excluding hydrogens is 327 g/mol. The number of anilines is 1. The highest BCUT2D eigenvalue weighted by atomic mass is 35.5. The van der Waals surface area contributed by atoms with Crippen LogP contribution in [0.25, 0.3) is 0 Å². The molecule has 0 saturated carbocycles. The zero-order valence-electron chi connectivity index (χ0n) is 10.4. The maximum absolute atomic E-state index is 12.2. The number of rotatable bonds is 4. The van der Waals surface area contributed by atoms with E-state index < -0.39 is 15.6 Å². The van der Waals surface area contributed by atoms with Crippen molar-refractivity contribution in [2.45, 2.75) is 16.9 Å². The lowest BCUT2D eigenvalue weighted by Crippen LogP contribution is -2.43. The molecule has 1 saturated heterocycles. The maximum Gasteiger partial charge on any atom is 0.242 e. The van der Waals surface area contributed by atoms with Crippen molar-refractivity contribution >= 4 is 38.9 Å². The van der Waals surface area contributed by atoms with Gasteiger partial charge in [-0.3, -0.25) is 0 Å². The van der Waals surface area contributed by atoms with Gasteiger partial charge in [-0.1, -0.05) is 23.2 Å². The van der Waals surface area contributed by atoms with Gasteiger partial charge in [0.05, 0.1) is 22.3 Å². The molecule has 0 spiro atoms. The molecule has 112 valence electrons. The number of nitrogens with one attached hydrogen (secondary N) is 1. The molecule has 20 heavy (non-hydrogen) atoms. The topological polar surface area (TPSA) is 102 Å². The largest absolute Gasteiger partial charge is 0.396 e. The first-order valence-corrected chi connectivity index (χ1v) is 8.02. The smallest absolute Gasteiger partial charge is 0.242 e. The van der Waals surface area contributed by atoms with Crippen molar-refractivity contribution < 1.29 is 18.3 Å². The summed E-state index contributed by atoms with van der Waals surface area (Å²) in [6.45, 7) is 0.326. The van der Waals surface area contributed by atoms with Crippen molar-refractivity contribution in [3.05, 3.63) is 22.2 Å². The summed E-state index contributed by atoms with van der Waals surface area (Å²) in [6, 6.07) is 2.61. The van der Waals surface area contributed by atoms with Crippen molar-refractivity contribution in [2.24, 2.45) is 0 Å². The Labute approximate surface area is 126 Å². The lowest BCUT2D eigenvalue weighted by atomic mass is 10.1. The lowest BCUT2D eigenvalue weighted by Gasteiger charge is -2.21. The number of nitrogen functional groups attached to an aromatic ring is 1. The molecule has 1 aromatic carbocycles. The lowest BCUT2D eigenvalue weighted by molar-refractivity contribution is 0.0314. The van der Waals surface area contributed by atoms with E-state index in [1.165, 1.54) is 12.1 Å². The number of sulfonamides is 1. The van der Waals surface area contributed by atoms with Crippen LogP contribution in [0, 0.1) is 0 Å². The molecule has 1 atom stereocenters. The van der Waals surface area contributed by atoms with Crippen LogP contribution in [-0.2, 0) is 14.8 Å². The molecule has 1 fully saturated rings. The van der Waals surface area contributed by atoms with Crippen LogP contribution >= 0.6 is 23.2 Å². The van der Waals surface area contributed by atoms with E-state index in [1.807, 2.05) is 0 Å². The van der Waals surface area contributed by atoms with Gasteiger partial charge in [0.25, 0.3) is 0 Å². The van der Waals surface area contributed by atoms with Gasteiger partial charge in [0.2, 0.25) is 10.0 Å². The number of benzene rings is 1. The predicted octanol–water partition coefficient (Wildman–Crippen LogP) is 1.01. The van der Waals surface area contributed by atoms with Gasteiger partial charge in [0.1, 0.15) is 10.5 Å². The summed E-state index contributed by atoms with van der Waals surface area (Å²) in [4.78, 5) is -0.177. The quantitative estimate of drug-likeness (QED) is 0.710. The highest BCUT2D eigenvalue weighted by Crippen LogP contribution is 2.33. The van der Waals surface area contributed by atoms with Gasteiger partial charge < -0.3 is 15.6 Å². The number of hydrogen-bond acceptors (Lipinski definition) is 5. The zero-order chi connectivity index (χ0) is 15.0. The third kappa shape index (κ3) is 3.19. The van der Waals surface area contributed by atoms with Gasteiger partial charge in [-0.2, -0.15) is 0 Å². The molecule has 0 aliphatic carbocycles. The Hall–Kier alpha value is -0.570. The first kappa shape index (κ1) is 15.8. The van der Waals surface area contributed by atoms with Crippen LogP contribution in [0.2, 0.25) is 10.0 Å². The second-order valence-electron chi connectivity index (χ2n) is 4.62. The average Bonchev–Trinajstić information content (AvgIpc) is 2.81. The minimum absolute atomic E-state index is 0.000815. The number of hydrogen-bond donors (Lipinski definition) is 3. The number of ether oxygens (including phenoxy) is 1. The van der Waals surface area contributed by atoms with Crippen LogP contribution < -0.4 is 10.5 Å². The van der Waals surface area contributed by atoms with E-state index in [4.69, 9.17) is 33.7 Å². The summed E-state index contributed by atoms with van der Waals surface area (Å²) >= 11 is 11.7. The Balaban J connectivity index is 2.21. The first-order valence-electron chi connectivity index (χ1n) is 5.78. The van der Waals surface area contributed by atoms with Crippen molar-refractivity contribution in [2.75, 3.05) is 25.5 Å². The van der Waals surface area contributed by atoms with Crippen LogP contribution in [-0.4, -0.2) is 38.9 Å². The SMILES string of the molecule is Nc1c(Cl)ccc(S(=O)(=O)NCC2(O)CCOC2)c1Cl. The summed E-state index contributed by atoms with van der Waals surface area (Å²) in [5.41, 5.74) is 4.40. The molecule has 1 aliphatic rings. The normalized spacial score (nSPS) is 23.1. The second-order valence-corrected chi connectivity index (χ2v) is 7.15. The fourth-order valence-corrected chi connectivity index (χ4v) is 3.68. The number of halogens is 2. The molecule has 1 aliphatic heterocycles. The molecule has 2 rings (SSSR count). The van der Waals surface area contributed by atoms with Crippen molar-refractivity contribution in [1.82, 2.24) is 4.72 Å². The highest BCUT2D eigenvalue weighted by molar-refractivity contribution is 7.89. The zero-order valence-corrected chi connectivity index (χ0v) is 12.7. The van der Waals surface area contributed by atoms with E-state index >= 15 is 0 Å². The molecule has 0 aromatic heterocycles. The summed E-state index contributed by atoms with van der Waals surface area (Å²) in [7, 11) is -3.89. The van der Waals surface area contributed by atoms with Crippen molar-refractivity contribution in [3.63, 3.8) is 0 Å². The second kappa shape index (κ2) is 5.67. The van der Waals surface area contributed by atoms with E-state index in [-0.39, 0.29) is 33.8 Å². The molecule has 0 amide bonds. The molecule has 0 radical (unpaired) electrons. The monoisotopic (exact) mass is 340 g/mol. The number of aliphatic hydroxyl groups is 1. The van der Waals surface area contributed by atoms with Crippen molar-refractivity contribution in [3.8, 4) is 0 Å². The molecular formula is C11H14Cl2N2O4S. The van der Waals surface area contributed by atoms with Gasteiger partial charge >= 0.3 is 0 Å². The minimum Gasteiger partial charge on any atom is -0.396 e. The summed E-state index contributed by atoms with van der Waals surface area (Å²) in [5, 5.41) is 10.1. The first-order chi connectivity index (χ1) is 9.25. The fourth-order valence-electron chi connectivity index (χ4n) is 1.80. The van der Waals surface area contributed by atoms with Gasteiger partial charge in [0, 0.05) is 19.6 Å². The molecule has 4 N–H and O–H groups in total. The molecule has 1 aromatic rings. The summed E-state index contributed by atoms with van der Waals surface area (Å²) in [6.07, 6.45) is 0.367. The van der Waals surface area contributed by atoms with Gasteiger partial charge in [-0.25, -0.2) is 13.1 Å². The maximum atomic E-state index is 12.2. The minimum atomic E-state index is -3.89. The fraction of sp³-hybridized carbons (Fsp3) is 0.455. The van der Waals surface area contributed by atoms with Gasteiger partial charge in [-0.05, 0) is 12.1 Å². The van der Waals surface area contributed by atoms with E-state index in [1.54, 1.807) is 0 Å². The molecule has 6 nitrogen and oxygen atoms in total. The predicted molar refractivity (Wildman–Crippen MR) is 76.4 cm³/mol. The van der Waals surface area contributed by atoms with E-state index in [0.717, 1.165) is 0 Å². The van der Waals surface area contributed by atoms with E-state index in [0.29, 0.717) is 13.0 Å². The molecule has 9 heteroatoms. The summed E-state index contributed by atoms with van der Waals surface area (Å²) < 4.78 is 31.7. The molecule has 0 bridgehead atoms. The van der Waals surface area contributed by atoms with Crippen LogP contribution in [0.5, 0.6) is 0 Å². The van der Waals surface area contributed by atoms with Gasteiger partial charge in [-0.15, -0.1) is 0 Å². The van der Waals surface area contributed by atoms with Crippen LogP contribution in [0.4, 0.5) is 5.69 Å². The van der Waals surface area contributed by atoms with E-state index in [2.05, 4.69) is 4.72 Å². The van der Waals surface area contributed by atoms with Crippen LogP contribution in [0.15, 0.2) is 17.0 Å². The van der Waals surface area contributed by atoms with Gasteiger partial charge in [0.15, 0.2) is 0 Å². The average molecular weight is 341 g/mol. The third-order valence-corrected chi connectivity index (χ3v) is 5.35. The van der Waals surface area contributed by atoms with Crippen LogP contribution in [0.3, 0.4) is 0 Å². The van der Waals surface area contributed by atoms with Crippen molar-refractivity contribution in [1.29, 1.82) is 0 Å². The molecule has 1 unspecified atom stereocenters. The number of nitrogens with two attached hydrogens (primary N) is 1.